The zero-order chi connectivity index (χ0) is 17.7. The third kappa shape index (κ3) is 3.98. The van der Waals surface area contributed by atoms with E-state index in [9.17, 15) is 4.79 Å². The molecule has 0 radical (unpaired) electrons. The van der Waals surface area contributed by atoms with Crippen molar-refractivity contribution in [2.45, 2.75) is 57.4 Å². The number of anilines is 1. The summed E-state index contributed by atoms with van der Waals surface area (Å²) >= 11 is 0. The molecule has 1 aromatic rings. The lowest BCUT2D eigenvalue weighted by Gasteiger charge is -2.42. The standard InChI is InChI=1S/C22H32N2O/c1-3-14-22(2,24-17-8-5-9-18-24)21(25)19-10-12-20(13-11-19)23-15-6-4-7-16-23/h3,10-13H,1,4-9,14-18H2,2H3. The number of nitrogens with zero attached hydrogens (tertiary/aromatic N) is 2. The molecule has 2 heterocycles. The zero-order valence-electron chi connectivity index (χ0n) is 15.7. The van der Waals surface area contributed by atoms with Gasteiger partial charge in [-0.05, 0) is 82.8 Å². The molecular weight excluding hydrogens is 308 g/mol. The van der Waals surface area contributed by atoms with Gasteiger partial charge in [0.15, 0.2) is 5.78 Å². The average Bonchev–Trinajstić information content (AvgIpc) is 2.69. The van der Waals surface area contributed by atoms with Gasteiger partial charge in [0.25, 0.3) is 0 Å². The summed E-state index contributed by atoms with van der Waals surface area (Å²) in [5, 5.41) is 0. The smallest absolute Gasteiger partial charge is 0.183 e. The van der Waals surface area contributed by atoms with Crippen LogP contribution in [0.2, 0.25) is 0 Å². The van der Waals surface area contributed by atoms with Crippen molar-refractivity contribution in [1.82, 2.24) is 4.90 Å². The number of piperidine rings is 2. The topological polar surface area (TPSA) is 23.6 Å². The second kappa shape index (κ2) is 8.18. The van der Waals surface area contributed by atoms with E-state index in [0.717, 1.165) is 31.7 Å². The van der Waals surface area contributed by atoms with Gasteiger partial charge in [-0.3, -0.25) is 9.69 Å². The second-order valence-corrected chi connectivity index (χ2v) is 7.74. The maximum absolute atomic E-state index is 13.3. The van der Waals surface area contributed by atoms with E-state index in [4.69, 9.17) is 0 Å². The Morgan fingerprint density at radius 1 is 1.00 bits per heavy atom. The molecule has 0 aromatic heterocycles. The molecule has 1 atom stereocenters. The van der Waals surface area contributed by atoms with Gasteiger partial charge in [0, 0.05) is 24.3 Å². The van der Waals surface area contributed by atoms with Crippen LogP contribution < -0.4 is 4.90 Å². The number of ketones is 1. The Kier molecular flexibility index (Phi) is 5.95. The summed E-state index contributed by atoms with van der Waals surface area (Å²) in [6.45, 7) is 10.3. The lowest BCUT2D eigenvalue weighted by atomic mass is 9.84. The molecule has 0 N–H and O–H groups in total. The monoisotopic (exact) mass is 340 g/mol. The van der Waals surface area contributed by atoms with Crippen LogP contribution in [0.1, 0.15) is 62.2 Å². The quantitative estimate of drug-likeness (QED) is 0.555. The predicted molar refractivity (Wildman–Crippen MR) is 105 cm³/mol. The van der Waals surface area contributed by atoms with Crippen LogP contribution in [-0.4, -0.2) is 42.4 Å². The van der Waals surface area contributed by atoms with E-state index >= 15 is 0 Å². The highest BCUT2D eigenvalue weighted by molar-refractivity contribution is 6.03. The van der Waals surface area contributed by atoms with E-state index in [2.05, 4.69) is 35.4 Å². The van der Waals surface area contributed by atoms with Crippen molar-refractivity contribution >= 4 is 11.5 Å². The highest BCUT2D eigenvalue weighted by Gasteiger charge is 2.39. The number of hydrogen-bond acceptors (Lipinski definition) is 3. The van der Waals surface area contributed by atoms with Crippen LogP contribution in [0.3, 0.4) is 0 Å². The van der Waals surface area contributed by atoms with Crippen molar-refractivity contribution in [3.05, 3.63) is 42.5 Å². The summed E-state index contributed by atoms with van der Waals surface area (Å²) in [6.07, 6.45) is 10.1. The molecule has 3 nitrogen and oxygen atoms in total. The van der Waals surface area contributed by atoms with Gasteiger partial charge >= 0.3 is 0 Å². The molecule has 25 heavy (non-hydrogen) atoms. The van der Waals surface area contributed by atoms with Gasteiger partial charge < -0.3 is 4.90 Å². The number of carbonyl (C=O) groups is 1. The molecule has 3 heteroatoms. The first kappa shape index (κ1) is 18.2. The molecule has 3 rings (SSSR count). The highest BCUT2D eigenvalue weighted by atomic mass is 16.1. The normalized spacial score (nSPS) is 21.6. The van der Waals surface area contributed by atoms with Crippen LogP contribution in [0.25, 0.3) is 0 Å². The van der Waals surface area contributed by atoms with E-state index in [0.29, 0.717) is 6.42 Å². The van der Waals surface area contributed by atoms with E-state index < -0.39 is 5.54 Å². The fraction of sp³-hybridized carbons (Fsp3) is 0.591. The molecular formula is C22H32N2O. The molecule has 0 amide bonds. The Labute approximate surface area is 152 Å². The number of rotatable bonds is 6. The van der Waals surface area contributed by atoms with Crippen LogP contribution in [0.15, 0.2) is 36.9 Å². The maximum atomic E-state index is 13.3. The van der Waals surface area contributed by atoms with Crippen molar-refractivity contribution in [3.8, 4) is 0 Å². The van der Waals surface area contributed by atoms with Gasteiger partial charge in [0.2, 0.25) is 0 Å². The number of Topliss-reactive ketones (excluding diaryl/α,β-unsaturated/α-hetero) is 1. The number of carbonyl (C=O) groups excluding carboxylic acids is 1. The fourth-order valence-electron chi connectivity index (χ4n) is 4.32. The molecule has 2 aliphatic rings. The molecule has 136 valence electrons. The molecule has 0 aliphatic carbocycles. The summed E-state index contributed by atoms with van der Waals surface area (Å²) in [7, 11) is 0. The van der Waals surface area contributed by atoms with Gasteiger partial charge in [-0.2, -0.15) is 0 Å². The van der Waals surface area contributed by atoms with Gasteiger partial charge in [-0.1, -0.05) is 12.5 Å². The van der Waals surface area contributed by atoms with Gasteiger partial charge in [-0.15, -0.1) is 6.58 Å². The first-order valence-corrected chi connectivity index (χ1v) is 9.91. The van der Waals surface area contributed by atoms with Crippen molar-refractivity contribution in [2.75, 3.05) is 31.1 Å². The lowest BCUT2D eigenvalue weighted by molar-refractivity contribution is 0.0528. The van der Waals surface area contributed by atoms with Crippen molar-refractivity contribution in [3.63, 3.8) is 0 Å². The largest absolute Gasteiger partial charge is 0.372 e. The number of likely N-dealkylation sites (tertiary alicyclic amines) is 1. The third-order valence-corrected chi connectivity index (χ3v) is 5.94. The summed E-state index contributed by atoms with van der Waals surface area (Å²) in [5.41, 5.74) is 1.62. The van der Waals surface area contributed by atoms with E-state index in [1.807, 2.05) is 18.2 Å². The Bertz CT molecular complexity index is 583. The van der Waals surface area contributed by atoms with Crippen molar-refractivity contribution in [2.24, 2.45) is 0 Å². The highest BCUT2D eigenvalue weighted by Crippen LogP contribution is 2.29. The maximum Gasteiger partial charge on any atom is 0.183 e. The predicted octanol–water partition coefficient (Wildman–Crippen LogP) is 4.68. The van der Waals surface area contributed by atoms with Crippen LogP contribution in [0.4, 0.5) is 5.69 Å². The van der Waals surface area contributed by atoms with Crippen LogP contribution in [0.5, 0.6) is 0 Å². The Balaban J connectivity index is 1.78. The molecule has 1 unspecified atom stereocenters. The van der Waals surface area contributed by atoms with Crippen molar-refractivity contribution in [1.29, 1.82) is 0 Å². The fourth-order valence-corrected chi connectivity index (χ4v) is 4.32. The average molecular weight is 341 g/mol. The minimum atomic E-state index is -0.463. The van der Waals surface area contributed by atoms with Gasteiger partial charge in [0.05, 0.1) is 5.54 Å². The minimum Gasteiger partial charge on any atom is -0.372 e. The molecule has 1 aromatic carbocycles. The summed E-state index contributed by atoms with van der Waals surface area (Å²) < 4.78 is 0. The van der Waals surface area contributed by atoms with E-state index in [1.165, 1.54) is 44.2 Å². The Morgan fingerprint density at radius 2 is 1.56 bits per heavy atom. The molecule has 0 spiro atoms. The second-order valence-electron chi connectivity index (χ2n) is 7.74. The van der Waals surface area contributed by atoms with Crippen LogP contribution in [0, 0.1) is 0 Å². The van der Waals surface area contributed by atoms with Gasteiger partial charge in [0.1, 0.15) is 0 Å². The Hall–Kier alpha value is -1.61. The number of benzene rings is 1. The first-order valence-electron chi connectivity index (χ1n) is 9.91. The third-order valence-electron chi connectivity index (χ3n) is 5.94. The van der Waals surface area contributed by atoms with Crippen molar-refractivity contribution < 1.29 is 4.79 Å². The molecule has 0 bridgehead atoms. The molecule has 0 saturated carbocycles. The number of hydrogen-bond donors (Lipinski definition) is 0. The summed E-state index contributed by atoms with van der Waals surface area (Å²) in [4.78, 5) is 18.2. The van der Waals surface area contributed by atoms with E-state index in [1.54, 1.807) is 0 Å². The van der Waals surface area contributed by atoms with Gasteiger partial charge in [-0.25, -0.2) is 0 Å². The lowest BCUT2D eigenvalue weighted by Crippen LogP contribution is -2.54. The molecule has 2 fully saturated rings. The van der Waals surface area contributed by atoms with Crippen LogP contribution in [-0.2, 0) is 0 Å². The van der Waals surface area contributed by atoms with Crippen LogP contribution >= 0.6 is 0 Å². The SMILES string of the molecule is C=CCC(C)(C(=O)c1ccc(N2CCCCC2)cc1)N1CCCCC1. The summed E-state index contributed by atoms with van der Waals surface area (Å²) in [6, 6.07) is 8.31. The summed E-state index contributed by atoms with van der Waals surface area (Å²) in [5.74, 6) is 0.236. The minimum absolute atomic E-state index is 0.236. The molecule has 2 saturated heterocycles. The first-order chi connectivity index (χ1) is 12.1. The zero-order valence-corrected chi connectivity index (χ0v) is 15.7. The molecule has 2 aliphatic heterocycles. The van der Waals surface area contributed by atoms with E-state index in [-0.39, 0.29) is 5.78 Å². The Morgan fingerprint density at radius 3 is 2.12 bits per heavy atom.